The zero-order valence-electron chi connectivity index (χ0n) is 13.4. The topological polar surface area (TPSA) is 76.0 Å². The van der Waals surface area contributed by atoms with Gasteiger partial charge in [0.2, 0.25) is 5.91 Å². The highest BCUT2D eigenvalue weighted by atomic mass is 35.5. The number of carbonyl (C=O) groups excluding carboxylic acids is 2. The Bertz CT molecular complexity index is 752. The van der Waals surface area contributed by atoms with Crippen LogP contribution in [0.1, 0.15) is 20.8 Å². The van der Waals surface area contributed by atoms with Gasteiger partial charge in [-0.3, -0.25) is 10.1 Å². The molecule has 6 nitrogen and oxygen atoms in total. The number of rotatable bonds is 3. The van der Waals surface area contributed by atoms with E-state index in [4.69, 9.17) is 11.6 Å². The van der Waals surface area contributed by atoms with E-state index in [2.05, 4.69) is 15.6 Å². The van der Waals surface area contributed by atoms with Gasteiger partial charge in [0.1, 0.15) is 0 Å². The molecule has 1 aromatic carbocycles. The van der Waals surface area contributed by atoms with Gasteiger partial charge in [0.05, 0.1) is 16.8 Å². The molecule has 23 heavy (non-hydrogen) atoms. The Hall–Kier alpha value is -1.73. The minimum Gasteiger partial charge on any atom is -0.333 e. The van der Waals surface area contributed by atoms with Crippen molar-refractivity contribution in [2.75, 3.05) is 5.75 Å². The molecule has 2 aromatic rings. The first kappa shape index (κ1) is 17.6. The third-order valence-electron chi connectivity index (χ3n) is 2.88. The minimum atomic E-state index is -0.500. The lowest BCUT2D eigenvalue weighted by atomic mass is 10.1. The Morgan fingerprint density at radius 3 is 2.70 bits per heavy atom. The predicted molar refractivity (Wildman–Crippen MR) is 92.9 cm³/mol. The quantitative estimate of drug-likeness (QED) is 0.831. The molecule has 0 unspecified atom stereocenters. The van der Waals surface area contributed by atoms with Crippen LogP contribution < -0.4 is 10.6 Å². The highest BCUT2D eigenvalue weighted by Gasteiger charge is 2.16. The summed E-state index contributed by atoms with van der Waals surface area (Å²) in [7, 11) is 1.87. The Balaban J connectivity index is 1.97. The zero-order chi connectivity index (χ0) is 17.2. The number of benzene rings is 1. The zero-order valence-corrected chi connectivity index (χ0v) is 15.0. The predicted octanol–water partition coefficient (Wildman–Crippen LogP) is 2.94. The van der Waals surface area contributed by atoms with Crippen LogP contribution in [0, 0.1) is 0 Å². The first-order chi connectivity index (χ1) is 10.7. The Kier molecular flexibility index (Phi) is 5.21. The molecule has 0 atom stereocenters. The van der Waals surface area contributed by atoms with E-state index in [1.165, 1.54) is 11.8 Å². The number of thioether (sulfide) groups is 1. The van der Waals surface area contributed by atoms with Crippen molar-refractivity contribution in [1.82, 2.24) is 20.2 Å². The summed E-state index contributed by atoms with van der Waals surface area (Å²) in [5, 5.41) is 6.28. The maximum absolute atomic E-state index is 11.8. The second-order valence-corrected chi connectivity index (χ2v) is 7.51. The summed E-state index contributed by atoms with van der Waals surface area (Å²) in [6.07, 6.45) is 0. The standard InChI is InChI=1S/C15H19ClN4O2S/c1-15(2,3)19-13(22)18-12(21)8-23-14-17-10-7-9(16)5-6-11(10)20(14)4/h5-7H,8H2,1-4H3,(H2,18,19,21,22). The van der Waals surface area contributed by atoms with Gasteiger partial charge in [-0.2, -0.15) is 0 Å². The van der Waals surface area contributed by atoms with Gasteiger partial charge in [-0.15, -0.1) is 0 Å². The molecule has 1 heterocycles. The smallest absolute Gasteiger partial charge is 0.321 e. The lowest BCUT2D eigenvalue weighted by Gasteiger charge is -2.20. The fourth-order valence-electron chi connectivity index (χ4n) is 1.94. The number of nitrogens with one attached hydrogen (secondary N) is 2. The third kappa shape index (κ3) is 4.87. The largest absolute Gasteiger partial charge is 0.333 e. The summed E-state index contributed by atoms with van der Waals surface area (Å²) < 4.78 is 1.89. The minimum absolute atomic E-state index is 0.0997. The van der Waals surface area contributed by atoms with Crippen LogP contribution in [0.5, 0.6) is 0 Å². The van der Waals surface area contributed by atoms with Crippen molar-refractivity contribution in [2.24, 2.45) is 7.05 Å². The number of hydrogen-bond donors (Lipinski definition) is 2. The maximum atomic E-state index is 11.8. The van der Waals surface area contributed by atoms with Crippen LogP contribution in [0.2, 0.25) is 5.02 Å². The van der Waals surface area contributed by atoms with E-state index in [9.17, 15) is 9.59 Å². The molecule has 0 radical (unpaired) electrons. The van der Waals surface area contributed by atoms with E-state index in [0.717, 1.165) is 11.0 Å². The molecule has 0 saturated carbocycles. The van der Waals surface area contributed by atoms with Crippen molar-refractivity contribution in [3.05, 3.63) is 23.2 Å². The molecule has 3 amide bonds. The van der Waals surface area contributed by atoms with E-state index in [-0.39, 0.29) is 11.7 Å². The second-order valence-electron chi connectivity index (χ2n) is 6.13. The monoisotopic (exact) mass is 354 g/mol. The summed E-state index contributed by atoms with van der Waals surface area (Å²) >= 11 is 7.22. The normalized spacial score (nSPS) is 11.5. The number of aromatic nitrogens is 2. The van der Waals surface area contributed by atoms with Gasteiger partial charge in [-0.05, 0) is 39.0 Å². The average Bonchev–Trinajstić information content (AvgIpc) is 2.70. The molecule has 0 aliphatic heterocycles. The number of hydrogen-bond acceptors (Lipinski definition) is 4. The number of urea groups is 1. The number of imide groups is 1. The summed E-state index contributed by atoms with van der Waals surface area (Å²) in [5.74, 6) is -0.274. The van der Waals surface area contributed by atoms with Gasteiger partial charge in [0, 0.05) is 17.6 Å². The summed E-state index contributed by atoms with van der Waals surface area (Å²) in [6.45, 7) is 5.53. The average molecular weight is 355 g/mol. The maximum Gasteiger partial charge on any atom is 0.321 e. The molecular formula is C15H19ClN4O2S. The van der Waals surface area contributed by atoms with Gasteiger partial charge in [0.25, 0.3) is 0 Å². The number of carbonyl (C=O) groups is 2. The van der Waals surface area contributed by atoms with Crippen LogP contribution in [-0.4, -0.2) is 32.8 Å². The van der Waals surface area contributed by atoms with Crippen molar-refractivity contribution in [2.45, 2.75) is 31.5 Å². The van der Waals surface area contributed by atoms with Crippen molar-refractivity contribution >= 4 is 46.3 Å². The van der Waals surface area contributed by atoms with Crippen molar-refractivity contribution in [1.29, 1.82) is 0 Å². The molecule has 124 valence electrons. The van der Waals surface area contributed by atoms with Crippen molar-refractivity contribution in [3.8, 4) is 0 Å². The molecule has 1 aromatic heterocycles. The van der Waals surface area contributed by atoms with Crippen LogP contribution in [0.3, 0.4) is 0 Å². The van der Waals surface area contributed by atoms with Crippen LogP contribution in [0.4, 0.5) is 4.79 Å². The lowest BCUT2D eigenvalue weighted by Crippen LogP contribution is -2.48. The summed E-state index contributed by atoms with van der Waals surface area (Å²) in [5.41, 5.74) is 1.31. The molecule has 0 bridgehead atoms. The molecule has 0 aliphatic carbocycles. The number of fused-ring (bicyclic) bond motifs is 1. The fourth-order valence-corrected chi connectivity index (χ4v) is 2.90. The summed E-state index contributed by atoms with van der Waals surface area (Å²) in [6, 6.07) is 4.95. The SMILES string of the molecule is Cn1c(SCC(=O)NC(=O)NC(C)(C)C)nc2cc(Cl)ccc21. The summed E-state index contributed by atoms with van der Waals surface area (Å²) in [4.78, 5) is 27.9. The van der Waals surface area contributed by atoms with Gasteiger partial charge >= 0.3 is 6.03 Å². The Labute approximate surface area is 144 Å². The number of halogens is 1. The van der Waals surface area contributed by atoms with E-state index < -0.39 is 11.6 Å². The van der Waals surface area contributed by atoms with E-state index >= 15 is 0 Å². The highest BCUT2D eigenvalue weighted by Crippen LogP contribution is 2.24. The first-order valence-electron chi connectivity index (χ1n) is 7.02. The number of imidazole rings is 1. The highest BCUT2D eigenvalue weighted by molar-refractivity contribution is 7.99. The molecule has 2 N–H and O–H groups in total. The Morgan fingerprint density at radius 2 is 2.04 bits per heavy atom. The number of aryl methyl sites for hydroxylation is 1. The lowest BCUT2D eigenvalue weighted by molar-refractivity contribution is -0.117. The van der Waals surface area contributed by atoms with Crippen LogP contribution in [0.25, 0.3) is 11.0 Å². The van der Waals surface area contributed by atoms with Gasteiger partial charge in [-0.1, -0.05) is 23.4 Å². The second kappa shape index (κ2) is 6.80. The van der Waals surface area contributed by atoms with Crippen LogP contribution in [0.15, 0.2) is 23.4 Å². The van der Waals surface area contributed by atoms with Gasteiger partial charge < -0.3 is 9.88 Å². The first-order valence-corrected chi connectivity index (χ1v) is 8.39. The van der Waals surface area contributed by atoms with Gasteiger partial charge in [0.15, 0.2) is 5.16 Å². The molecule has 0 saturated heterocycles. The fraction of sp³-hybridized carbons (Fsp3) is 0.400. The molecule has 8 heteroatoms. The van der Waals surface area contributed by atoms with Gasteiger partial charge in [-0.25, -0.2) is 9.78 Å². The van der Waals surface area contributed by atoms with E-state index in [1.54, 1.807) is 12.1 Å². The molecule has 0 aliphatic rings. The third-order valence-corrected chi connectivity index (χ3v) is 4.14. The molecule has 2 rings (SSSR count). The van der Waals surface area contributed by atoms with E-state index in [0.29, 0.717) is 10.2 Å². The van der Waals surface area contributed by atoms with Crippen molar-refractivity contribution < 1.29 is 9.59 Å². The molecule has 0 spiro atoms. The molecular weight excluding hydrogens is 336 g/mol. The van der Waals surface area contributed by atoms with Crippen molar-refractivity contribution in [3.63, 3.8) is 0 Å². The number of amides is 3. The molecule has 0 fully saturated rings. The van der Waals surface area contributed by atoms with Crippen LogP contribution >= 0.6 is 23.4 Å². The van der Waals surface area contributed by atoms with Crippen LogP contribution in [-0.2, 0) is 11.8 Å². The number of nitrogens with zero attached hydrogens (tertiary/aromatic N) is 2. The Morgan fingerprint density at radius 1 is 1.35 bits per heavy atom. The van der Waals surface area contributed by atoms with E-state index in [1.807, 2.05) is 38.5 Å².